The van der Waals surface area contributed by atoms with E-state index in [1.165, 1.54) is 5.56 Å². The van der Waals surface area contributed by atoms with Crippen molar-refractivity contribution in [2.45, 2.75) is 18.9 Å². The summed E-state index contributed by atoms with van der Waals surface area (Å²) in [6.45, 7) is 0.813. The van der Waals surface area contributed by atoms with Gasteiger partial charge in [0.05, 0.1) is 0 Å². The summed E-state index contributed by atoms with van der Waals surface area (Å²) in [4.78, 5) is 0. The normalized spacial score (nSPS) is 12.8. The molecule has 90 valence electrons. The molecule has 0 aliphatic rings. The Hall–Kier alpha value is 0.1000. The highest BCUT2D eigenvalue weighted by Gasteiger charge is 2.10. The van der Waals surface area contributed by atoms with Gasteiger partial charge < -0.3 is 10.1 Å². The fourth-order valence-electron chi connectivity index (χ4n) is 1.69. The van der Waals surface area contributed by atoms with E-state index >= 15 is 0 Å². The lowest BCUT2D eigenvalue weighted by molar-refractivity contribution is 0.189. The number of halogens is 2. The van der Waals surface area contributed by atoms with Gasteiger partial charge in [-0.2, -0.15) is 0 Å². The molecule has 0 amide bonds. The molecule has 0 fully saturated rings. The second-order valence-corrected chi connectivity index (χ2v) is 5.51. The zero-order valence-electron chi connectivity index (χ0n) is 9.59. The van der Waals surface area contributed by atoms with Gasteiger partial charge in [0.15, 0.2) is 0 Å². The number of methoxy groups -OCH3 is 1. The Labute approximate surface area is 114 Å². The van der Waals surface area contributed by atoms with E-state index in [1.54, 1.807) is 7.11 Å². The largest absolute Gasteiger partial charge is 0.385 e. The Kier molecular flexibility index (Phi) is 6.58. The maximum Gasteiger partial charge on any atom is 0.0462 e. The summed E-state index contributed by atoms with van der Waals surface area (Å²) in [7, 11) is 3.73. The van der Waals surface area contributed by atoms with Crippen LogP contribution in [-0.4, -0.2) is 20.8 Å². The molecule has 1 unspecified atom stereocenters. The number of nitrogens with one attached hydrogen (secondary N) is 1. The molecule has 0 saturated heterocycles. The van der Waals surface area contributed by atoms with Gasteiger partial charge >= 0.3 is 0 Å². The number of benzene rings is 1. The number of ether oxygens (including phenoxy) is 1. The zero-order valence-corrected chi connectivity index (χ0v) is 12.8. The Morgan fingerprint density at radius 1 is 1.25 bits per heavy atom. The lowest BCUT2D eigenvalue weighted by Crippen LogP contribution is -2.16. The molecule has 1 aromatic carbocycles. The van der Waals surface area contributed by atoms with Crippen LogP contribution in [0, 0.1) is 0 Å². The van der Waals surface area contributed by atoms with Gasteiger partial charge in [0.2, 0.25) is 0 Å². The Bertz CT molecular complexity index is 311. The average Bonchev–Trinajstić information content (AvgIpc) is 2.23. The molecule has 0 heterocycles. The zero-order chi connectivity index (χ0) is 12.0. The van der Waals surface area contributed by atoms with Crippen molar-refractivity contribution in [3.05, 3.63) is 32.7 Å². The third kappa shape index (κ3) is 4.53. The number of hydrogen-bond donors (Lipinski definition) is 1. The lowest BCUT2D eigenvalue weighted by Gasteiger charge is -2.17. The summed E-state index contributed by atoms with van der Waals surface area (Å²) in [5, 5.41) is 3.33. The summed E-state index contributed by atoms with van der Waals surface area (Å²) in [6, 6.07) is 6.73. The van der Waals surface area contributed by atoms with Crippen molar-refractivity contribution >= 4 is 31.9 Å². The molecule has 4 heteroatoms. The van der Waals surface area contributed by atoms with Gasteiger partial charge in [-0.05, 0) is 43.7 Å². The van der Waals surface area contributed by atoms with Crippen LogP contribution in [0.15, 0.2) is 27.1 Å². The van der Waals surface area contributed by atoms with Crippen molar-refractivity contribution in [3.63, 3.8) is 0 Å². The molecule has 0 bridgehead atoms. The average molecular weight is 351 g/mol. The van der Waals surface area contributed by atoms with E-state index in [0.29, 0.717) is 6.04 Å². The second-order valence-electron chi connectivity index (χ2n) is 3.68. The molecule has 0 aliphatic heterocycles. The topological polar surface area (TPSA) is 21.3 Å². The molecular formula is C12H17Br2NO. The maximum atomic E-state index is 5.07. The molecule has 0 spiro atoms. The molecule has 1 rings (SSSR count). The van der Waals surface area contributed by atoms with Crippen molar-refractivity contribution in [3.8, 4) is 0 Å². The summed E-state index contributed by atoms with van der Waals surface area (Å²) in [6.07, 6.45) is 2.14. The predicted molar refractivity (Wildman–Crippen MR) is 74.8 cm³/mol. The van der Waals surface area contributed by atoms with Crippen LogP contribution >= 0.6 is 31.9 Å². The van der Waals surface area contributed by atoms with Gasteiger partial charge in [-0.3, -0.25) is 0 Å². The summed E-state index contributed by atoms with van der Waals surface area (Å²) in [5.74, 6) is 0. The fraction of sp³-hybridized carbons (Fsp3) is 0.500. The van der Waals surface area contributed by atoms with Crippen LogP contribution in [0.25, 0.3) is 0 Å². The van der Waals surface area contributed by atoms with E-state index in [2.05, 4.69) is 49.3 Å². The molecule has 0 saturated carbocycles. The maximum absolute atomic E-state index is 5.07. The van der Waals surface area contributed by atoms with Gasteiger partial charge in [0.25, 0.3) is 0 Å². The first-order valence-electron chi connectivity index (χ1n) is 5.29. The van der Waals surface area contributed by atoms with Crippen LogP contribution in [-0.2, 0) is 4.74 Å². The van der Waals surface area contributed by atoms with Gasteiger partial charge in [0.1, 0.15) is 0 Å². The predicted octanol–water partition coefficient (Wildman–Crippen LogP) is 3.90. The third-order valence-corrected chi connectivity index (χ3v) is 3.39. The van der Waals surface area contributed by atoms with Crippen LogP contribution in [0.1, 0.15) is 24.4 Å². The third-order valence-electron chi connectivity index (χ3n) is 2.48. The minimum absolute atomic E-state index is 0.379. The summed E-state index contributed by atoms with van der Waals surface area (Å²) >= 11 is 7.02. The summed E-state index contributed by atoms with van der Waals surface area (Å²) < 4.78 is 7.28. The molecule has 0 aromatic heterocycles. The van der Waals surface area contributed by atoms with Gasteiger partial charge in [-0.25, -0.2) is 0 Å². The molecule has 1 aromatic rings. The SMILES string of the molecule is CNC(CCCOC)c1cc(Br)cc(Br)c1. The monoisotopic (exact) mass is 349 g/mol. The van der Waals surface area contributed by atoms with Gasteiger partial charge in [-0.1, -0.05) is 31.9 Å². The van der Waals surface area contributed by atoms with Crippen LogP contribution < -0.4 is 5.32 Å². The van der Waals surface area contributed by atoms with E-state index in [-0.39, 0.29) is 0 Å². The molecule has 16 heavy (non-hydrogen) atoms. The van der Waals surface area contributed by atoms with E-state index in [0.717, 1.165) is 28.4 Å². The standard InChI is InChI=1S/C12H17Br2NO/c1-15-12(4-3-5-16-2)9-6-10(13)8-11(14)7-9/h6-8,12,15H,3-5H2,1-2H3. The van der Waals surface area contributed by atoms with E-state index in [4.69, 9.17) is 4.74 Å². The van der Waals surface area contributed by atoms with Crippen LogP contribution in [0.3, 0.4) is 0 Å². The summed E-state index contributed by atoms with van der Waals surface area (Å²) in [5.41, 5.74) is 1.29. The highest BCUT2D eigenvalue weighted by Crippen LogP contribution is 2.26. The van der Waals surface area contributed by atoms with Crippen molar-refractivity contribution in [1.29, 1.82) is 0 Å². The van der Waals surface area contributed by atoms with E-state index in [9.17, 15) is 0 Å². The van der Waals surface area contributed by atoms with Crippen LogP contribution in [0.5, 0.6) is 0 Å². The quantitative estimate of drug-likeness (QED) is 0.785. The molecule has 1 N–H and O–H groups in total. The van der Waals surface area contributed by atoms with Crippen molar-refractivity contribution in [1.82, 2.24) is 5.32 Å². The first-order chi connectivity index (χ1) is 7.67. The van der Waals surface area contributed by atoms with E-state index in [1.807, 2.05) is 13.1 Å². The number of hydrogen-bond acceptors (Lipinski definition) is 2. The van der Waals surface area contributed by atoms with Crippen molar-refractivity contribution < 1.29 is 4.74 Å². The first kappa shape index (κ1) is 14.2. The van der Waals surface area contributed by atoms with Crippen molar-refractivity contribution in [2.24, 2.45) is 0 Å². The lowest BCUT2D eigenvalue weighted by atomic mass is 10.0. The van der Waals surface area contributed by atoms with Gasteiger partial charge in [-0.15, -0.1) is 0 Å². The smallest absolute Gasteiger partial charge is 0.0462 e. The Morgan fingerprint density at radius 2 is 1.88 bits per heavy atom. The fourth-order valence-corrected chi connectivity index (χ4v) is 3.01. The first-order valence-corrected chi connectivity index (χ1v) is 6.88. The number of rotatable bonds is 6. The minimum atomic E-state index is 0.379. The molecule has 2 nitrogen and oxygen atoms in total. The molecule has 1 atom stereocenters. The molecule has 0 aliphatic carbocycles. The van der Waals surface area contributed by atoms with E-state index < -0.39 is 0 Å². The second kappa shape index (κ2) is 7.43. The highest BCUT2D eigenvalue weighted by atomic mass is 79.9. The Balaban J connectivity index is 2.70. The minimum Gasteiger partial charge on any atom is -0.385 e. The van der Waals surface area contributed by atoms with Crippen LogP contribution in [0.4, 0.5) is 0 Å². The Morgan fingerprint density at radius 3 is 2.38 bits per heavy atom. The molecule has 0 radical (unpaired) electrons. The van der Waals surface area contributed by atoms with Crippen molar-refractivity contribution in [2.75, 3.05) is 20.8 Å². The molecular weight excluding hydrogens is 334 g/mol. The van der Waals surface area contributed by atoms with Crippen LogP contribution in [0.2, 0.25) is 0 Å². The van der Waals surface area contributed by atoms with Gasteiger partial charge in [0, 0.05) is 28.7 Å². The highest BCUT2D eigenvalue weighted by molar-refractivity contribution is 9.11.